The van der Waals surface area contributed by atoms with Gasteiger partial charge >= 0.3 is 6.09 Å². The van der Waals surface area contributed by atoms with Crippen molar-refractivity contribution in [3.63, 3.8) is 0 Å². The van der Waals surface area contributed by atoms with Gasteiger partial charge in [0.25, 0.3) is 0 Å². The Bertz CT molecular complexity index is 756. The lowest BCUT2D eigenvalue weighted by Gasteiger charge is -2.38. The van der Waals surface area contributed by atoms with Gasteiger partial charge in [-0.2, -0.15) is 0 Å². The quantitative estimate of drug-likeness (QED) is 0.836. The summed E-state index contributed by atoms with van der Waals surface area (Å²) in [6.07, 6.45) is 3.53. The zero-order chi connectivity index (χ0) is 18.0. The van der Waals surface area contributed by atoms with Crippen molar-refractivity contribution in [3.8, 4) is 0 Å². The number of likely N-dealkylation sites (N-methyl/N-ethyl adjacent to an activating group) is 1. The van der Waals surface area contributed by atoms with Crippen molar-refractivity contribution >= 4 is 22.9 Å². The van der Waals surface area contributed by atoms with E-state index in [0.29, 0.717) is 6.54 Å². The normalized spacial score (nSPS) is 18.2. The molecule has 1 saturated heterocycles. The monoisotopic (exact) mass is 342 g/mol. The number of carbonyl (C=O) groups is 1. The average molecular weight is 342 g/mol. The molecule has 3 rings (SSSR count). The Morgan fingerprint density at radius 1 is 1.28 bits per heavy atom. The topological polar surface area (TPSA) is 58.6 Å². The first-order chi connectivity index (χ1) is 11.8. The molecule has 0 unspecified atom stereocenters. The second-order valence-corrected chi connectivity index (χ2v) is 7.55. The van der Waals surface area contributed by atoms with E-state index in [1.54, 1.807) is 11.1 Å². The number of aromatic nitrogens is 2. The fourth-order valence-corrected chi connectivity index (χ4v) is 3.07. The number of nitrogens with zero attached hydrogens (tertiary/aromatic N) is 4. The lowest BCUT2D eigenvalue weighted by molar-refractivity contribution is 0.0199. The summed E-state index contributed by atoms with van der Waals surface area (Å²) in [4.78, 5) is 25.5. The minimum absolute atomic E-state index is 0.205. The number of anilines is 1. The van der Waals surface area contributed by atoms with Crippen molar-refractivity contribution in [3.05, 3.63) is 30.5 Å². The van der Waals surface area contributed by atoms with Crippen molar-refractivity contribution in [1.82, 2.24) is 14.9 Å². The number of fused-ring (bicyclic) bond motifs is 1. The Labute approximate surface area is 148 Å². The first kappa shape index (κ1) is 17.5. The van der Waals surface area contributed by atoms with Crippen LogP contribution in [-0.2, 0) is 4.74 Å². The molecule has 0 bridgehead atoms. The predicted octanol–water partition coefficient (Wildman–Crippen LogP) is 3.47. The molecule has 25 heavy (non-hydrogen) atoms. The Hall–Kier alpha value is -2.37. The maximum atomic E-state index is 12.4. The molecule has 0 N–H and O–H groups in total. The van der Waals surface area contributed by atoms with Gasteiger partial charge in [-0.15, -0.1) is 0 Å². The number of para-hydroxylation sites is 2. The van der Waals surface area contributed by atoms with Crippen LogP contribution in [0.1, 0.15) is 33.6 Å². The minimum atomic E-state index is -0.472. The molecule has 0 spiro atoms. The number of amides is 1. The molecule has 6 nitrogen and oxygen atoms in total. The number of hydrogen-bond donors (Lipinski definition) is 0. The molecule has 6 heteroatoms. The van der Waals surface area contributed by atoms with Crippen LogP contribution in [-0.4, -0.2) is 52.7 Å². The van der Waals surface area contributed by atoms with E-state index in [0.717, 1.165) is 36.2 Å². The van der Waals surface area contributed by atoms with Crippen LogP contribution in [0.25, 0.3) is 11.0 Å². The third kappa shape index (κ3) is 4.18. The lowest BCUT2D eigenvalue weighted by atomic mass is 10.0. The maximum Gasteiger partial charge on any atom is 0.410 e. The van der Waals surface area contributed by atoms with Crippen molar-refractivity contribution in [2.24, 2.45) is 0 Å². The van der Waals surface area contributed by atoms with Crippen LogP contribution < -0.4 is 4.90 Å². The summed E-state index contributed by atoms with van der Waals surface area (Å²) in [6, 6.07) is 8.05. The summed E-state index contributed by atoms with van der Waals surface area (Å²) in [5.41, 5.74) is 1.30. The molecule has 1 atom stereocenters. The fraction of sp³-hybridized carbons (Fsp3) is 0.526. The van der Waals surface area contributed by atoms with Gasteiger partial charge < -0.3 is 14.5 Å². The molecule has 0 saturated carbocycles. The van der Waals surface area contributed by atoms with E-state index in [-0.39, 0.29) is 12.1 Å². The number of likely N-dealkylation sites (tertiary alicyclic amines) is 1. The highest BCUT2D eigenvalue weighted by atomic mass is 16.6. The Balaban J connectivity index is 1.72. The molecular weight excluding hydrogens is 316 g/mol. The van der Waals surface area contributed by atoms with Crippen LogP contribution in [0.15, 0.2) is 30.5 Å². The molecule has 1 aromatic heterocycles. The van der Waals surface area contributed by atoms with Crippen molar-refractivity contribution < 1.29 is 9.53 Å². The zero-order valence-electron chi connectivity index (χ0n) is 15.4. The number of piperidine rings is 1. The van der Waals surface area contributed by atoms with Crippen LogP contribution in [0.4, 0.5) is 10.6 Å². The minimum Gasteiger partial charge on any atom is -0.444 e. The van der Waals surface area contributed by atoms with Gasteiger partial charge in [0.15, 0.2) is 0 Å². The van der Waals surface area contributed by atoms with Crippen molar-refractivity contribution in [2.75, 3.05) is 25.0 Å². The largest absolute Gasteiger partial charge is 0.444 e. The van der Waals surface area contributed by atoms with E-state index in [4.69, 9.17) is 9.72 Å². The second-order valence-electron chi connectivity index (χ2n) is 7.55. The molecule has 2 heterocycles. The molecule has 134 valence electrons. The van der Waals surface area contributed by atoms with Crippen LogP contribution in [0.5, 0.6) is 0 Å². The third-order valence-corrected chi connectivity index (χ3v) is 4.39. The number of hydrogen-bond acceptors (Lipinski definition) is 5. The molecule has 1 aliphatic heterocycles. The van der Waals surface area contributed by atoms with E-state index < -0.39 is 5.60 Å². The molecule has 1 amide bonds. The smallest absolute Gasteiger partial charge is 0.410 e. The van der Waals surface area contributed by atoms with Gasteiger partial charge in [0.1, 0.15) is 11.4 Å². The van der Waals surface area contributed by atoms with Gasteiger partial charge in [0.2, 0.25) is 0 Å². The Morgan fingerprint density at radius 2 is 2.00 bits per heavy atom. The molecule has 2 aromatic rings. The number of carbonyl (C=O) groups excluding carboxylic acids is 1. The van der Waals surface area contributed by atoms with Gasteiger partial charge in [0, 0.05) is 26.2 Å². The van der Waals surface area contributed by atoms with E-state index >= 15 is 0 Å². The second kappa shape index (κ2) is 6.86. The number of rotatable bonds is 2. The van der Waals surface area contributed by atoms with Crippen molar-refractivity contribution in [1.29, 1.82) is 0 Å². The number of benzene rings is 1. The van der Waals surface area contributed by atoms with Gasteiger partial charge in [0.05, 0.1) is 17.2 Å². The van der Waals surface area contributed by atoms with Gasteiger partial charge in [-0.25, -0.2) is 9.78 Å². The summed E-state index contributed by atoms with van der Waals surface area (Å²) in [5, 5.41) is 0. The maximum absolute atomic E-state index is 12.4. The van der Waals surface area contributed by atoms with Crippen LogP contribution in [0, 0.1) is 0 Å². The van der Waals surface area contributed by atoms with Crippen LogP contribution in [0.3, 0.4) is 0 Å². The molecule has 1 fully saturated rings. The highest BCUT2D eigenvalue weighted by Gasteiger charge is 2.30. The standard InChI is InChI=1S/C19H26N4O2/c1-19(2,3)25-18(24)23-11-7-8-14(13-23)22(4)17-12-20-15-9-5-6-10-16(15)21-17/h5-6,9-10,12,14H,7-8,11,13H2,1-4H3/t14-/m1/s1. The molecule has 1 aliphatic rings. The number of ether oxygens (including phenoxy) is 1. The van der Waals surface area contributed by atoms with Gasteiger partial charge in [-0.3, -0.25) is 4.98 Å². The summed E-state index contributed by atoms with van der Waals surface area (Å²) in [6.45, 7) is 7.05. The highest BCUT2D eigenvalue weighted by Crippen LogP contribution is 2.22. The van der Waals surface area contributed by atoms with E-state index in [1.807, 2.05) is 52.1 Å². The van der Waals surface area contributed by atoms with Crippen LogP contribution in [0.2, 0.25) is 0 Å². The van der Waals surface area contributed by atoms with Crippen LogP contribution >= 0.6 is 0 Å². The van der Waals surface area contributed by atoms with E-state index in [9.17, 15) is 4.79 Å². The molecule has 1 aromatic carbocycles. The first-order valence-corrected chi connectivity index (χ1v) is 8.76. The highest BCUT2D eigenvalue weighted by molar-refractivity contribution is 5.75. The van der Waals surface area contributed by atoms with Gasteiger partial charge in [-0.05, 0) is 45.7 Å². The average Bonchev–Trinajstić information content (AvgIpc) is 2.59. The summed E-state index contributed by atoms with van der Waals surface area (Å²) in [5.74, 6) is 0.828. The molecule has 0 radical (unpaired) electrons. The van der Waals surface area contributed by atoms with Gasteiger partial charge in [-0.1, -0.05) is 12.1 Å². The predicted molar refractivity (Wildman–Crippen MR) is 98.8 cm³/mol. The van der Waals surface area contributed by atoms with E-state index in [1.165, 1.54) is 0 Å². The Morgan fingerprint density at radius 3 is 2.72 bits per heavy atom. The molecule has 0 aliphatic carbocycles. The summed E-state index contributed by atoms with van der Waals surface area (Å²) >= 11 is 0. The summed E-state index contributed by atoms with van der Waals surface area (Å²) < 4.78 is 5.51. The zero-order valence-corrected chi connectivity index (χ0v) is 15.4. The summed E-state index contributed by atoms with van der Waals surface area (Å²) in [7, 11) is 2.02. The van der Waals surface area contributed by atoms with E-state index in [2.05, 4.69) is 9.88 Å². The lowest BCUT2D eigenvalue weighted by Crippen LogP contribution is -2.50. The first-order valence-electron chi connectivity index (χ1n) is 8.76. The molecular formula is C19H26N4O2. The third-order valence-electron chi connectivity index (χ3n) is 4.39. The fourth-order valence-electron chi connectivity index (χ4n) is 3.07. The SMILES string of the molecule is CN(c1cnc2ccccc2n1)[C@@H]1CCCN(C(=O)OC(C)(C)C)C1. The Kier molecular flexibility index (Phi) is 4.79. The van der Waals surface area contributed by atoms with Crippen molar-refractivity contribution in [2.45, 2.75) is 45.3 Å².